The third-order valence-electron chi connectivity index (χ3n) is 3.95. The van der Waals surface area contributed by atoms with Crippen LogP contribution in [0.1, 0.15) is 19.9 Å². The number of nitrogens with zero attached hydrogens (tertiary/aromatic N) is 1. The molecule has 0 unspecified atom stereocenters. The molecule has 136 valence electrons. The molecule has 0 aliphatic heterocycles. The van der Waals surface area contributed by atoms with E-state index in [2.05, 4.69) is 23.7 Å². The summed E-state index contributed by atoms with van der Waals surface area (Å²) in [6.07, 6.45) is 1.93. The van der Waals surface area contributed by atoms with Crippen molar-refractivity contribution >= 4 is 22.5 Å². The molecule has 7 heteroatoms. The first-order chi connectivity index (χ1) is 12.4. The van der Waals surface area contributed by atoms with Crippen molar-refractivity contribution in [2.75, 3.05) is 11.9 Å². The zero-order valence-corrected chi connectivity index (χ0v) is 14.2. The number of hydrogen-bond acceptors (Lipinski definition) is 2. The summed E-state index contributed by atoms with van der Waals surface area (Å²) < 4.78 is 47.3. The van der Waals surface area contributed by atoms with E-state index in [4.69, 9.17) is 4.74 Å². The second-order valence-electron chi connectivity index (χ2n) is 6.07. The van der Waals surface area contributed by atoms with Crippen LogP contribution >= 0.6 is 0 Å². The number of aromatic nitrogens is 1. The van der Waals surface area contributed by atoms with Crippen molar-refractivity contribution in [3.8, 4) is 5.75 Å². The molecule has 3 rings (SSSR count). The highest BCUT2D eigenvalue weighted by Gasteiger charge is 2.16. The second kappa shape index (κ2) is 7.11. The number of hydrogen-bond donors (Lipinski definition) is 1. The topological polar surface area (TPSA) is 43.3 Å². The quantitative estimate of drug-likeness (QED) is 0.671. The zero-order chi connectivity index (χ0) is 18.8. The normalized spacial score (nSPS) is 11.2. The Morgan fingerprint density at radius 1 is 1.12 bits per heavy atom. The molecule has 1 N–H and O–H groups in total. The van der Waals surface area contributed by atoms with Crippen molar-refractivity contribution in [3.05, 3.63) is 60.0 Å². The number of carbonyl (C=O) groups excluding carboxylic acids is 1. The van der Waals surface area contributed by atoms with Gasteiger partial charge in [0.15, 0.2) is 24.1 Å². The number of nitrogens with one attached hydrogen (secondary N) is 1. The molecule has 0 radical (unpaired) electrons. The Morgan fingerprint density at radius 3 is 2.62 bits per heavy atom. The molecule has 1 amide bonds. The molecule has 4 nitrogen and oxygen atoms in total. The number of anilines is 1. The Labute approximate surface area is 148 Å². The van der Waals surface area contributed by atoms with Crippen LogP contribution in [0, 0.1) is 17.5 Å². The minimum absolute atomic E-state index is 0.266. The number of amides is 1. The smallest absolute Gasteiger partial charge is 0.262 e. The Kier molecular flexibility index (Phi) is 4.88. The van der Waals surface area contributed by atoms with Gasteiger partial charge in [-0.25, -0.2) is 13.2 Å². The highest BCUT2D eigenvalue weighted by molar-refractivity contribution is 5.92. The van der Waals surface area contributed by atoms with Crippen molar-refractivity contribution in [1.29, 1.82) is 0 Å². The van der Waals surface area contributed by atoms with Crippen molar-refractivity contribution in [3.63, 3.8) is 0 Å². The highest BCUT2D eigenvalue weighted by Crippen LogP contribution is 2.28. The molecule has 2 aromatic carbocycles. The minimum atomic E-state index is -1.64. The lowest BCUT2D eigenvalue weighted by atomic mass is 10.2. The molecule has 1 heterocycles. The highest BCUT2D eigenvalue weighted by atomic mass is 19.2. The number of carbonyl (C=O) groups is 1. The second-order valence-corrected chi connectivity index (χ2v) is 6.07. The van der Waals surface area contributed by atoms with Crippen LogP contribution in [0.3, 0.4) is 0 Å². The number of halogens is 3. The van der Waals surface area contributed by atoms with Crippen molar-refractivity contribution < 1.29 is 22.7 Å². The van der Waals surface area contributed by atoms with Crippen LogP contribution < -0.4 is 10.1 Å². The van der Waals surface area contributed by atoms with Crippen LogP contribution in [0.4, 0.5) is 18.9 Å². The van der Waals surface area contributed by atoms with E-state index in [0.29, 0.717) is 5.75 Å². The molecule has 3 aromatic rings. The lowest BCUT2D eigenvalue weighted by molar-refractivity contribution is -0.118. The van der Waals surface area contributed by atoms with Crippen LogP contribution in [0.15, 0.2) is 42.6 Å². The summed E-state index contributed by atoms with van der Waals surface area (Å²) in [5.74, 6) is -4.59. The van der Waals surface area contributed by atoms with Gasteiger partial charge < -0.3 is 14.6 Å². The predicted molar refractivity (Wildman–Crippen MR) is 92.8 cm³/mol. The maximum Gasteiger partial charge on any atom is 0.262 e. The van der Waals surface area contributed by atoms with E-state index in [1.807, 2.05) is 24.4 Å². The summed E-state index contributed by atoms with van der Waals surface area (Å²) >= 11 is 0. The first-order valence-electron chi connectivity index (χ1n) is 8.04. The van der Waals surface area contributed by atoms with Gasteiger partial charge in [0.25, 0.3) is 5.91 Å². The van der Waals surface area contributed by atoms with Gasteiger partial charge >= 0.3 is 0 Å². The molecule has 0 saturated carbocycles. The minimum Gasteiger partial charge on any atom is -0.483 e. The first kappa shape index (κ1) is 17.8. The van der Waals surface area contributed by atoms with E-state index >= 15 is 0 Å². The molecule has 0 aliphatic carbocycles. The third-order valence-corrected chi connectivity index (χ3v) is 3.95. The fraction of sp³-hybridized carbons (Fsp3) is 0.211. The Bertz CT molecular complexity index is 967. The summed E-state index contributed by atoms with van der Waals surface area (Å²) in [5, 5.41) is 3.01. The van der Waals surface area contributed by atoms with Crippen LogP contribution in [0.2, 0.25) is 0 Å². The molecule has 0 aliphatic rings. The molecule has 0 saturated heterocycles. The van der Waals surface area contributed by atoms with E-state index in [1.54, 1.807) is 6.07 Å². The van der Waals surface area contributed by atoms with Gasteiger partial charge in [-0.2, -0.15) is 0 Å². The fourth-order valence-corrected chi connectivity index (χ4v) is 2.69. The molecule has 0 spiro atoms. The largest absolute Gasteiger partial charge is 0.483 e. The molecule has 1 aromatic heterocycles. The van der Waals surface area contributed by atoms with Gasteiger partial charge in [-0.3, -0.25) is 4.79 Å². The average Bonchev–Trinajstić information content (AvgIpc) is 3.05. The van der Waals surface area contributed by atoms with E-state index in [1.165, 1.54) is 0 Å². The molecular weight excluding hydrogens is 345 g/mol. The van der Waals surface area contributed by atoms with E-state index in [9.17, 15) is 18.0 Å². The SMILES string of the molecule is CC(C)n1ccc2c(OCC(=O)Nc3ccc(F)c(F)c3F)cccc21. The van der Waals surface area contributed by atoms with Crippen LogP contribution in [0.5, 0.6) is 5.75 Å². The standard InChI is InChI=1S/C19H17F3N2O2/c1-11(2)24-9-8-12-15(24)4-3-5-16(12)26-10-17(25)23-14-7-6-13(20)18(21)19(14)22/h3-9,11H,10H2,1-2H3,(H,23,25). The summed E-state index contributed by atoms with van der Waals surface area (Å²) in [7, 11) is 0. The van der Waals surface area contributed by atoms with Gasteiger partial charge in [0, 0.05) is 17.6 Å². The zero-order valence-electron chi connectivity index (χ0n) is 14.2. The van der Waals surface area contributed by atoms with Gasteiger partial charge in [0.2, 0.25) is 0 Å². The fourth-order valence-electron chi connectivity index (χ4n) is 2.69. The first-order valence-corrected chi connectivity index (χ1v) is 8.04. The molecule has 0 bridgehead atoms. The summed E-state index contributed by atoms with van der Waals surface area (Å²) in [6.45, 7) is 3.71. The predicted octanol–water partition coefficient (Wildman–Crippen LogP) is 4.66. The Hall–Kier alpha value is -2.96. The van der Waals surface area contributed by atoms with Gasteiger partial charge in [-0.15, -0.1) is 0 Å². The Morgan fingerprint density at radius 2 is 1.88 bits per heavy atom. The van der Waals surface area contributed by atoms with Gasteiger partial charge in [0.05, 0.1) is 11.2 Å². The van der Waals surface area contributed by atoms with Gasteiger partial charge in [-0.05, 0) is 44.2 Å². The van der Waals surface area contributed by atoms with E-state index in [-0.39, 0.29) is 6.04 Å². The van der Waals surface area contributed by atoms with Crippen LogP contribution in [-0.2, 0) is 4.79 Å². The van der Waals surface area contributed by atoms with E-state index < -0.39 is 35.7 Å². The summed E-state index contributed by atoms with van der Waals surface area (Å²) in [6, 6.07) is 9.32. The van der Waals surface area contributed by atoms with Crippen molar-refractivity contribution in [2.45, 2.75) is 19.9 Å². The van der Waals surface area contributed by atoms with Crippen LogP contribution in [0.25, 0.3) is 10.9 Å². The van der Waals surface area contributed by atoms with Gasteiger partial charge in [0.1, 0.15) is 5.75 Å². The maximum absolute atomic E-state index is 13.6. The maximum atomic E-state index is 13.6. The van der Waals surface area contributed by atoms with Crippen molar-refractivity contribution in [1.82, 2.24) is 4.57 Å². The van der Waals surface area contributed by atoms with Crippen LogP contribution in [-0.4, -0.2) is 17.1 Å². The average molecular weight is 362 g/mol. The summed E-state index contributed by atoms with van der Waals surface area (Å²) in [4.78, 5) is 12.0. The van der Waals surface area contributed by atoms with Gasteiger partial charge in [-0.1, -0.05) is 6.07 Å². The molecule has 0 fully saturated rings. The molecule has 0 atom stereocenters. The lowest BCUT2D eigenvalue weighted by Crippen LogP contribution is -2.21. The monoisotopic (exact) mass is 362 g/mol. The number of benzene rings is 2. The van der Waals surface area contributed by atoms with Crippen molar-refractivity contribution in [2.24, 2.45) is 0 Å². The number of fused-ring (bicyclic) bond motifs is 1. The lowest BCUT2D eigenvalue weighted by Gasteiger charge is -2.11. The molecule has 26 heavy (non-hydrogen) atoms. The molecular formula is C19H17F3N2O2. The Balaban J connectivity index is 1.72. The van der Waals surface area contributed by atoms with E-state index in [0.717, 1.165) is 23.0 Å². The number of rotatable bonds is 5. The number of ether oxygens (including phenoxy) is 1. The third kappa shape index (κ3) is 3.37. The summed E-state index contributed by atoms with van der Waals surface area (Å²) in [5.41, 5.74) is 0.520.